The SMILES string of the molecule is CCOC(=O)C1=C(C(=O)OCC)C2CC(=O)C1CC2(C)C. The molecule has 0 spiro atoms. The number of rotatable bonds is 4. The largest absolute Gasteiger partial charge is 0.463 e. The summed E-state index contributed by atoms with van der Waals surface area (Å²) in [6.45, 7) is 7.93. The van der Waals surface area contributed by atoms with Crippen LogP contribution in [0.5, 0.6) is 0 Å². The number of carbonyl (C=O) groups is 3. The minimum atomic E-state index is -0.556. The van der Waals surface area contributed by atoms with Gasteiger partial charge in [-0.25, -0.2) is 9.59 Å². The van der Waals surface area contributed by atoms with E-state index in [1.54, 1.807) is 13.8 Å². The molecule has 2 bridgehead atoms. The molecule has 0 saturated heterocycles. The summed E-state index contributed by atoms with van der Waals surface area (Å²) in [5.74, 6) is -1.83. The van der Waals surface area contributed by atoms with Crippen molar-refractivity contribution in [1.29, 1.82) is 0 Å². The quantitative estimate of drug-likeness (QED) is 0.742. The van der Waals surface area contributed by atoms with Crippen molar-refractivity contribution in [3.05, 3.63) is 11.1 Å². The minimum Gasteiger partial charge on any atom is -0.463 e. The highest BCUT2D eigenvalue weighted by molar-refractivity contribution is 6.08. The van der Waals surface area contributed by atoms with Crippen LogP contribution in [-0.2, 0) is 23.9 Å². The van der Waals surface area contributed by atoms with Gasteiger partial charge < -0.3 is 9.47 Å². The van der Waals surface area contributed by atoms with Crippen LogP contribution in [0.2, 0.25) is 0 Å². The number of ketones is 1. The van der Waals surface area contributed by atoms with E-state index in [2.05, 4.69) is 0 Å². The van der Waals surface area contributed by atoms with Crippen molar-refractivity contribution in [2.75, 3.05) is 13.2 Å². The van der Waals surface area contributed by atoms with Gasteiger partial charge in [0.25, 0.3) is 0 Å². The van der Waals surface area contributed by atoms with Gasteiger partial charge in [-0.3, -0.25) is 4.79 Å². The van der Waals surface area contributed by atoms with Crippen molar-refractivity contribution in [2.45, 2.75) is 40.5 Å². The third kappa shape index (κ3) is 2.61. The summed E-state index contributed by atoms with van der Waals surface area (Å²) in [4.78, 5) is 36.7. The van der Waals surface area contributed by atoms with Crippen LogP contribution in [0, 0.1) is 17.3 Å². The molecule has 0 heterocycles. The standard InChI is InChI=1S/C16H22O5/c1-5-20-14(18)12-9-8-16(3,4)10(7-11(9)17)13(12)15(19)21-6-2/h9-10H,5-8H2,1-4H3. The molecule has 2 atom stereocenters. The van der Waals surface area contributed by atoms with Gasteiger partial charge in [0.2, 0.25) is 0 Å². The first-order valence-electron chi connectivity index (χ1n) is 7.44. The van der Waals surface area contributed by atoms with Gasteiger partial charge >= 0.3 is 11.9 Å². The Morgan fingerprint density at radius 2 is 1.62 bits per heavy atom. The molecule has 5 heteroatoms. The van der Waals surface area contributed by atoms with E-state index >= 15 is 0 Å². The number of hydrogen-bond donors (Lipinski definition) is 0. The topological polar surface area (TPSA) is 69.7 Å². The van der Waals surface area contributed by atoms with Crippen LogP contribution in [0.1, 0.15) is 40.5 Å². The van der Waals surface area contributed by atoms with Crippen molar-refractivity contribution in [2.24, 2.45) is 17.3 Å². The maximum absolute atomic E-state index is 12.3. The summed E-state index contributed by atoms with van der Waals surface area (Å²) in [7, 11) is 0. The molecule has 3 aliphatic carbocycles. The van der Waals surface area contributed by atoms with E-state index in [4.69, 9.17) is 9.47 Å². The monoisotopic (exact) mass is 294 g/mol. The minimum absolute atomic E-state index is 0.0235. The molecule has 116 valence electrons. The van der Waals surface area contributed by atoms with E-state index in [1.807, 2.05) is 13.8 Å². The average Bonchev–Trinajstić information content (AvgIpc) is 2.39. The fraction of sp³-hybridized carbons (Fsp3) is 0.688. The second-order valence-electron chi connectivity index (χ2n) is 6.24. The third-order valence-electron chi connectivity index (χ3n) is 4.45. The Bertz CT molecular complexity index is 515. The molecule has 1 fully saturated rings. The Morgan fingerprint density at radius 1 is 1.10 bits per heavy atom. The van der Waals surface area contributed by atoms with Crippen LogP contribution in [0.15, 0.2) is 11.1 Å². The number of carbonyl (C=O) groups excluding carboxylic acids is 3. The lowest BCUT2D eigenvalue weighted by Crippen LogP contribution is -2.48. The van der Waals surface area contributed by atoms with Gasteiger partial charge in [0.1, 0.15) is 5.78 Å². The number of ether oxygens (including phenoxy) is 2. The van der Waals surface area contributed by atoms with Gasteiger partial charge in [0, 0.05) is 12.3 Å². The Balaban J connectivity index is 2.54. The highest BCUT2D eigenvalue weighted by Crippen LogP contribution is 2.53. The van der Waals surface area contributed by atoms with Gasteiger partial charge in [0.05, 0.1) is 30.3 Å². The van der Waals surface area contributed by atoms with E-state index in [-0.39, 0.29) is 35.9 Å². The fourth-order valence-corrected chi connectivity index (χ4v) is 3.46. The van der Waals surface area contributed by atoms with Crippen molar-refractivity contribution in [3.63, 3.8) is 0 Å². The first-order valence-corrected chi connectivity index (χ1v) is 7.44. The second-order valence-corrected chi connectivity index (χ2v) is 6.24. The second kappa shape index (κ2) is 5.62. The van der Waals surface area contributed by atoms with E-state index < -0.39 is 17.9 Å². The summed E-state index contributed by atoms with van der Waals surface area (Å²) < 4.78 is 10.2. The zero-order chi connectivity index (χ0) is 15.8. The summed E-state index contributed by atoms with van der Waals surface area (Å²) in [6.07, 6.45) is 0.877. The van der Waals surface area contributed by atoms with Gasteiger partial charge in [-0.1, -0.05) is 13.8 Å². The molecule has 5 nitrogen and oxygen atoms in total. The smallest absolute Gasteiger partial charge is 0.335 e. The first kappa shape index (κ1) is 15.7. The molecular weight excluding hydrogens is 272 g/mol. The molecule has 0 aromatic rings. The molecule has 0 N–H and O–H groups in total. The Kier molecular flexibility index (Phi) is 4.21. The molecule has 0 aromatic heterocycles. The van der Waals surface area contributed by atoms with Gasteiger partial charge in [-0.15, -0.1) is 0 Å². The molecule has 3 rings (SSSR count). The number of esters is 2. The molecule has 1 saturated carbocycles. The summed E-state index contributed by atoms with van der Waals surface area (Å²) in [6, 6.07) is 0. The summed E-state index contributed by atoms with van der Waals surface area (Å²) in [5.41, 5.74) is 0.392. The normalized spacial score (nSPS) is 26.8. The molecule has 3 aliphatic rings. The number of hydrogen-bond acceptors (Lipinski definition) is 5. The maximum Gasteiger partial charge on any atom is 0.335 e. The highest BCUT2D eigenvalue weighted by Gasteiger charge is 2.54. The Labute approximate surface area is 124 Å². The van der Waals surface area contributed by atoms with Crippen LogP contribution in [0.25, 0.3) is 0 Å². The van der Waals surface area contributed by atoms with Crippen molar-refractivity contribution in [3.8, 4) is 0 Å². The Hall–Kier alpha value is -1.65. The van der Waals surface area contributed by atoms with Crippen LogP contribution < -0.4 is 0 Å². The van der Waals surface area contributed by atoms with Crippen molar-refractivity contribution < 1.29 is 23.9 Å². The summed E-state index contributed by atoms with van der Waals surface area (Å²) >= 11 is 0. The molecule has 0 radical (unpaired) electrons. The molecule has 0 aromatic carbocycles. The lowest BCUT2D eigenvalue weighted by Gasteiger charge is -2.47. The third-order valence-corrected chi connectivity index (χ3v) is 4.45. The number of fused-ring (bicyclic) bond motifs is 2. The van der Waals surface area contributed by atoms with Gasteiger partial charge in [0.15, 0.2) is 0 Å². The van der Waals surface area contributed by atoms with Gasteiger partial charge in [-0.2, -0.15) is 0 Å². The number of Topliss-reactive ketones (excluding diaryl/α,β-unsaturated/α-hetero) is 1. The van der Waals surface area contributed by atoms with E-state index in [0.717, 1.165) is 0 Å². The predicted octanol–water partition coefficient (Wildman–Crippen LogP) is 2.04. The molecule has 2 unspecified atom stereocenters. The lowest BCUT2D eigenvalue weighted by atomic mass is 9.55. The molecule has 0 amide bonds. The highest BCUT2D eigenvalue weighted by atomic mass is 16.5. The van der Waals surface area contributed by atoms with Gasteiger partial charge in [-0.05, 0) is 25.7 Å². The van der Waals surface area contributed by atoms with Crippen LogP contribution in [0.4, 0.5) is 0 Å². The fourth-order valence-electron chi connectivity index (χ4n) is 3.46. The van der Waals surface area contributed by atoms with E-state index in [1.165, 1.54) is 0 Å². The lowest BCUT2D eigenvalue weighted by molar-refractivity contribution is -0.147. The van der Waals surface area contributed by atoms with Crippen molar-refractivity contribution >= 4 is 17.7 Å². The Morgan fingerprint density at radius 3 is 2.14 bits per heavy atom. The van der Waals surface area contributed by atoms with E-state index in [0.29, 0.717) is 18.4 Å². The zero-order valence-corrected chi connectivity index (χ0v) is 13.0. The summed E-state index contributed by atoms with van der Waals surface area (Å²) in [5, 5.41) is 0. The predicted molar refractivity (Wildman–Crippen MR) is 75.3 cm³/mol. The molecule has 0 aliphatic heterocycles. The van der Waals surface area contributed by atoms with Crippen LogP contribution in [-0.4, -0.2) is 30.9 Å². The maximum atomic E-state index is 12.3. The molecular formula is C16H22O5. The average molecular weight is 294 g/mol. The molecule has 21 heavy (non-hydrogen) atoms. The van der Waals surface area contributed by atoms with E-state index in [9.17, 15) is 14.4 Å². The van der Waals surface area contributed by atoms with Crippen LogP contribution >= 0.6 is 0 Å². The first-order chi connectivity index (χ1) is 9.83. The van der Waals surface area contributed by atoms with Crippen molar-refractivity contribution in [1.82, 2.24) is 0 Å². The zero-order valence-electron chi connectivity index (χ0n) is 13.0. The van der Waals surface area contributed by atoms with Crippen LogP contribution in [0.3, 0.4) is 0 Å².